The number of halogens is 2. The number of nitrogens with one attached hydrogen (secondary N) is 2. The van der Waals surface area contributed by atoms with Crippen LogP contribution in [-0.2, 0) is 10.5 Å². The van der Waals surface area contributed by atoms with Crippen LogP contribution in [0.4, 0.5) is 5.69 Å². The van der Waals surface area contributed by atoms with Crippen LogP contribution in [0.5, 0.6) is 0 Å². The topological polar surface area (TPSA) is 58.2 Å². The van der Waals surface area contributed by atoms with E-state index in [0.717, 1.165) is 5.56 Å². The predicted octanol–water partition coefficient (Wildman–Crippen LogP) is 5.39. The molecule has 144 valence electrons. The highest BCUT2D eigenvalue weighted by Gasteiger charge is 2.18. The first-order chi connectivity index (χ1) is 12.7. The van der Waals surface area contributed by atoms with Crippen molar-refractivity contribution in [3.8, 4) is 0 Å². The Morgan fingerprint density at radius 1 is 1.07 bits per heavy atom. The fourth-order valence-electron chi connectivity index (χ4n) is 2.28. The Labute approximate surface area is 174 Å². The molecule has 0 spiro atoms. The lowest BCUT2D eigenvalue weighted by Gasteiger charge is -2.21. The molecule has 0 unspecified atom stereocenters. The van der Waals surface area contributed by atoms with E-state index in [1.54, 1.807) is 36.4 Å². The average Bonchev–Trinajstić information content (AvgIpc) is 2.55. The summed E-state index contributed by atoms with van der Waals surface area (Å²) < 4.78 is 0. The van der Waals surface area contributed by atoms with Crippen molar-refractivity contribution in [2.45, 2.75) is 32.1 Å². The summed E-state index contributed by atoms with van der Waals surface area (Å²) in [6.45, 7) is 5.72. The first kappa shape index (κ1) is 21.6. The van der Waals surface area contributed by atoms with E-state index in [4.69, 9.17) is 23.2 Å². The third kappa shape index (κ3) is 7.09. The number of hydrogen-bond acceptors (Lipinski definition) is 3. The molecule has 0 saturated carbocycles. The molecule has 0 saturated heterocycles. The lowest BCUT2D eigenvalue weighted by Crippen LogP contribution is -2.40. The van der Waals surface area contributed by atoms with Crippen molar-refractivity contribution < 1.29 is 9.59 Å². The second kappa shape index (κ2) is 9.49. The van der Waals surface area contributed by atoms with Gasteiger partial charge in [0, 0.05) is 21.3 Å². The molecule has 0 heterocycles. The first-order valence-electron chi connectivity index (χ1n) is 8.39. The fraction of sp³-hybridized carbons (Fsp3) is 0.300. The lowest BCUT2D eigenvalue weighted by molar-refractivity contribution is -0.113. The Bertz CT molecular complexity index is 835. The normalized spacial score (nSPS) is 11.1. The van der Waals surface area contributed by atoms with E-state index in [2.05, 4.69) is 10.6 Å². The molecule has 2 N–H and O–H groups in total. The van der Waals surface area contributed by atoms with Crippen molar-refractivity contribution >= 4 is 52.5 Å². The zero-order valence-electron chi connectivity index (χ0n) is 15.4. The average molecular weight is 425 g/mol. The highest BCUT2D eigenvalue weighted by Crippen LogP contribution is 2.25. The van der Waals surface area contributed by atoms with Crippen molar-refractivity contribution in [3.05, 3.63) is 63.6 Å². The maximum Gasteiger partial charge on any atom is 0.253 e. The van der Waals surface area contributed by atoms with E-state index in [0.29, 0.717) is 27.0 Å². The minimum Gasteiger partial charge on any atom is -0.347 e. The molecule has 0 fully saturated rings. The Balaban J connectivity index is 1.95. The van der Waals surface area contributed by atoms with Crippen LogP contribution in [-0.4, -0.2) is 23.1 Å². The lowest BCUT2D eigenvalue weighted by atomic mass is 10.1. The number of hydrogen-bond donors (Lipinski definition) is 2. The molecule has 2 rings (SSSR count). The zero-order chi connectivity index (χ0) is 20.0. The number of amides is 2. The third-order valence-electron chi connectivity index (χ3n) is 3.44. The molecule has 0 aliphatic carbocycles. The van der Waals surface area contributed by atoms with Crippen LogP contribution in [0.25, 0.3) is 0 Å². The quantitative estimate of drug-likeness (QED) is 0.652. The van der Waals surface area contributed by atoms with Crippen molar-refractivity contribution in [1.82, 2.24) is 5.32 Å². The number of anilines is 1. The van der Waals surface area contributed by atoms with Gasteiger partial charge in [0.25, 0.3) is 5.91 Å². The van der Waals surface area contributed by atoms with Gasteiger partial charge >= 0.3 is 0 Å². The Kier molecular flexibility index (Phi) is 7.59. The first-order valence-corrected chi connectivity index (χ1v) is 10.3. The molecule has 0 aliphatic heterocycles. The van der Waals surface area contributed by atoms with Gasteiger partial charge in [0.1, 0.15) is 0 Å². The highest BCUT2D eigenvalue weighted by atomic mass is 35.5. The third-order valence-corrected chi connectivity index (χ3v) is 5.01. The van der Waals surface area contributed by atoms with E-state index >= 15 is 0 Å². The summed E-state index contributed by atoms with van der Waals surface area (Å²) in [5.41, 5.74) is 1.49. The van der Waals surface area contributed by atoms with Gasteiger partial charge in [-0.25, -0.2) is 0 Å². The molecule has 4 nitrogen and oxygen atoms in total. The number of carbonyl (C=O) groups excluding carboxylic acids is 2. The molecule has 7 heteroatoms. The van der Waals surface area contributed by atoms with Gasteiger partial charge in [-0.15, -0.1) is 11.8 Å². The Morgan fingerprint density at radius 3 is 2.44 bits per heavy atom. The number of carbonyl (C=O) groups is 2. The number of benzene rings is 2. The Morgan fingerprint density at radius 2 is 1.78 bits per heavy atom. The standard InChI is InChI=1S/C20H22Cl2N2O2S/c1-20(2,3)24-19(26)15-6-4-5-7-17(15)23-18(25)12-27-11-13-8-9-14(21)10-16(13)22/h4-10H,11-12H2,1-3H3,(H,23,25)(H,24,26). The SMILES string of the molecule is CC(C)(C)NC(=O)c1ccccc1NC(=O)CSCc1ccc(Cl)cc1Cl. The molecule has 27 heavy (non-hydrogen) atoms. The van der Waals surface area contributed by atoms with Crippen molar-refractivity contribution in [2.75, 3.05) is 11.1 Å². The van der Waals surface area contributed by atoms with Crippen molar-refractivity contribution in [1.29, 1.82) is 0 Å². The summed E-state index contributed by atoms with van der Waals surface area (Å²) in [7, 11) is 0. The monoisotopic (exact) mass is 424 g/mol. The maximum atomic E-state index is 12.4. The zero-order valence-corrected chi connectivity index (χ0v) is 17.8. The van der Waals surface area contributed by atoms with Gasteiger partial charge in [-0.2, -0.15) is 0 Å². The molecule has 2 aromatic carbocycles. The maximum absolute atomic E-state index is 12.4. The van der Waals surface area contributed by atoms with Crippen LogP contribution in [0.15, 0.2) is 42.5 Å². The smallest absolute Gasteiger partial charge is 0.253 e. The van der Waals surface area contributed by atoms with E-state index in [1.807, 2.05) is 26.8 Å². The van der Waals surface area contributed by atoms with Crippen LogP contribution < -0.4 is 10.6 Å². The van der Waals surface area contributed by atoms with Crippen LogP contribution in [0, 0.1) is 0 Å². The molecule has 2 amide bonds. The van der Waals surface area contributed by atoms with Gasteiger partial charge in [-0.3, -0.25) is 9.59 Å². The summed E-state index contributed by atoms with van der Waals surface area (Å²) in [4.78, 5) is 24.7. The second-order valence-corrected chi connectivity index (χ2v) is 8.86. The number of para-hydroxylation sites is 1. The van der Waals surface area contributed by atoms with Crippen LogP contribution >= 0.6 is 35.0 Å². The molecule has 2 aromatic rings. The summed E-state index contributed by atoms with van der Waals surface area (Å²) in [5, 5.41) is 6.88. The van der Waals surface area contributed by atoms with Crippen molar-refractivity contribution in [3.63, 3.8) is 0 Å². The number of thioether (sulfide) groups is 1. The summed E-state index contributed by atoms with van der Waals surface area (Å²) in [5.74, 6) is 0.434. The van der Waals surface area contributed by atoms with Gasteiger partial charge in [0.2, 0.25) is 5.91 Å². The summed E-state index contributed by atoms with van der Waals surface area (Å²) >= 11 is 13.5. The highest BCUT2D eigenvalue weighted by molar-refractivity contribution is 7.99. The predicted molar refractivity (Wildman–Crippen MR) is 115 cm³/mol. The fourth-order valence-corrected chi connectivity index (χ4v) is 3.66. The molecule has 0 bridgehead atoms. The van der Waals surface area contributed by atoms with Crippen LogP contribution in [0.2, 0.25) is 10.0 Å². The molecular formula is C20H22Cl2N2O2S. The minimum atomic E-state index is -0.359. The largest absolute Gasteiger partial charge is 0.347 e. The molecule has 0 radical (unpaired) electrons. The molecule has 0 aliphatic rings. The van der Waals surface area contributed by atoms with Gasteiger partial charge in [0.15, 0.2) is 0 Å². The van der Waals surface area contributed by atoms with E-state index < -0.39 is 0 Å². The molecule has 0 atom stereocenters. The van der Waals surface area contributed by atoms with E-state index in [1.165, 1.54) is 11.8 Å². The molecular weight excluding hydrogens is 403 g/mol. The second-order valence-electron chi connectivity index (χ2n) is 7.03. The van der Waals surface area contributed by atoms with Crippen molar-refractivity contribution in [2.24, 2.45) is 0 Å². The van der Waals surface area contributed by atoms with Gasteiger partial charge in [0.05, 0.1) is 17.0 Å². The van der Waals surface area contributed by atoms with E-state index in [9.17, 15) is 9.59 Å². The summed E-state index contributed by atoms with van der Waals surface area (Å²) in [6.07, 6.45) is 0. The van der Waals surface area contributed by atoms with Gasteiger partial charge in [-0.05, 0) is 50.6 Å². The summed E-state index contributed by atoms with van der Waals surface area (Å²) in [6, 6.07) is 12.3. The van der Waals surface area contributed by atoms with Crippen LogP contribution in [0.1, 0.15) is 36.7 Å². The minimum absolute atomic E-state index is 0.180. The van der Waals surface area contributed by atoms with Crippen LogP contribution in [0.3, 0.4) is 0 Å². The Hall–Kier alpha value is -1.69. The van der Waals surface area contributed by atoms with Gasteiger partial charge in [-0.1, -0.05) is 41.4 Å². The van der Waals surface area contributed by atoms with E-state index in [-0.39, 0.29) is 23.1 Å². The number of rotatable bonds is 6. The molecule has 0 aromatic heterocycles. The van der Waals surface area contributed by atoms with Gasteiger partial charge < -0.3 is 10.6 Å².